The van der Waals surface area contributed by atoms with Gasteiger partial charge in [-0.3, -0.25) is 9.88 Å². The van der Waals surface area contributed by atoms with Crippen LogP contribution >= 0.6 is 11.6 Å². The molecule has 44 heavy (non-hydrogen) atoms. The molecule has 230 valence electrons. The third-order valence-electron chi connectivity index (χ3n) is 9.01. The van der Waals surface area contributed by atoms with Crippen LogP contribution < -0.4 is 4.74 Å². The minimum atomic E-state index is -1.04. The lowest BCUT2D eigenvalue weighted by atomic mass is 9.86. The van der Waals surface area contributed by atoms with Gasteiger partial charge in [0.1, 0.15) is 28.5 Å². The van der Waals surface area contributed by atoms with Crippen LogP contribution in [0.3, 0.4) is 0 Å². The van der Waals surface area contributed by atoms with Crippen molar-refractivity contribution in [3.63, 3.8) is 0 Å². The highest BCUT2D eigenvalue weighted by atomic mass is 35.5. The molecule has 1 N–H and O–H groups in total. The van der Waals surface area contributed by atoms with E-state index in [1.807, 2.05) is 31.2 Å². The van der Waals surface area contributed by atoms with E-state index in [0.717, 1.165) is 56.1 Å². The van der Waals surface area contributed by atoms with E-state index >= 15 is 0 Å². The number of benzene rings is 2. The van der Waals surface area contributed by atoms with Gasteiger partial charge < -0.3 is 28.6 Å². The van der Waals surface area contributed by atoms with Crippen molar-refractivity contribution < 1.29 is 28.8 Å². The lowest BCUT2D eigenvalue weighted by molar-refractivity contribution is -0.244. The monoisotopic (exact) mass is 618 g/mol. The van der Waals surface area contributed by atoms with Gasteiger partial charge in [-0.1, -0.05) is 29.8 Å². The van der Waals surface area contributed by atoms with Crippen LogP contribution in [-0.4, -0.2) is 63.4 Å². The number of pyridine rings is 1. The summed E-state index contributed by atoms with van der Waals surface area (Å²) in [6.45, 7) is 5.58. The molecule has 0 amide bonds. The summed E-state index contributed by atoms with van der Waals surface area (Å²) in [6.07, 6.45) is 4.35. The fourth-order valence-corrected chi connectivity index (χ4v) is 6.63. The Balaban J connectivity index is 1.11. The zero-order valence-corrected chi connectivity index (χ0v) is 25.5. The molecule has 2 saturated heterocycles. The topological polar surface area (TPSA) is 108 Å². The second kappa shape index (κ2) is 11.7. The van der Waals surface area contributed by atoms with Crippen LogP contribution in [0.15, 0.2) is 54.7 Å². The van der Waals surface area contributed by atoms with E-state index in [0.29, 0.717) is 34.8 Å². The first-order chi connectivity index (χ1) is 21.3. The quantitative estimate of drug-likeness (QED) is 0.265. The van der Waals surface area contributed by atoms with Crippen LogP contribution in [-0.2, 0) is 33.1 Å². The van der Waals surface area contributed by atoms with Gasteiger partial charge in [-0.25, -0.2) is 9.78 Å². The van der Waals surface area contributed by atoms with Gasteiger partial charge >= 0.3 is 5.97 Å². The van der Waals surface area contributed by atoms with Crippen LogP contribution in [0.2, 0.25) is 5.02 Å². The highest BCUT2D eigenvalue weighted by molar-refractivity contribution is 6.30. The number of methoxy groups -OCH3 is 1. The van der Waals surface area contributed by atoms with Crippen molar-refractivity contribution in [2.45, 2.75) is 57.3 Å². The molecule has 3 atom stereocenters. The van der Waals surface area contributed by atoms with Crippen LogP contribution in [0.4, 0.5) is 0 Å². The van der Waals surface area contributed by atoms with E-state index in [9.17, 15) is 9.90 Å². The van der Waals surface area contributed by atoms with E-state index in [4.69, 9.17) is 35.5 Å². The summed E-state index contributed by atoms with van der Waals surface area (Å²) in [5.41, 5.74) is 3.19. The number of imidazole rings is 1. The Morgan fingerprint density at radius 3 is 2.66 bits per heavy atom. The molecule has 0 bridgehead atoms. The molecule has 10 nitrogen and oxygen atoms in total. The number of likely N-dealkylation sites (tertiary alicyclic amines) is 1. The normalized spacial score (nSPS) is 24.0. The Kier molecular flexibility index (Phi) is 7.70. The number of hydrogen-bond acceptors (Lipinski definition) is 9. The largest absolute Gasteiger partial charge is 0.506 e. The van der Waals surface area contributed by atoms with E-state index in [-0.39, 0.29) is 29.4 Å². The van der Waals surface area contributed by atoms with Crippen molar-refractivity contribution in [3.05, 3.63) is 82.4 Å². The van der Waals surface area contributed by atoms with E-state index in [1.165, 1.54) is 13.2 Å². The number of phenols is 1. The summed E-state index contributed by atoms with van der Waals surface area (Å²) in [6, 6.07) is 14.9. The molecule has 3 aliphatic heterocycles. The molecule has 2 aromatic carbocycles. The fraction of sp³-hybridized carbons (Fsp3) is 0.424. The second-order valence-electron chi connectivity index (χ2n) is 11.9. The van der Waals surface area contributed by atoms with Crippen molar-refractivity contribution in [1.29, 1.82) is 0 Å². The van der Waals surface area contributed by atoms with Crippen molar-refractivity contribution >= 4 is 28.6 Å². The van der Waals surface area contributed by atoms with E-state index in [2.05, 4.69) is 20.5 Å². The number of rotatable bonds is 7. The first-order valence-corrected chi connectivity index (χ1v) is 15.4. The Hall–Kier alpha value is -3.70. The number of fused-ring (bicyclic) bond motifs is 2. The molecule has 0 radical (unpaired) electrons. The molecule has 3 aliphatic rings. The molecule has 4 aromatic rings. The molecule has 7 rings (SSSR count). The minimum Gasteiger partial charge on any atom is -0.506 e. The van der Waals surface area contributed by atoms with Crippen LogP contribution in [0, 0.1) is 5.92 Å². The lowest BCUT2D eigenvalue weighted by Gasteiger charge is -2.44. The second-order valence-corrected chi connectivity index (χ2v) is 12.3. The predicted molar refractivity (Wildman–Crippen MR) is 163 cm³/mol. The standard InChI is InChI=1S/C33H35ClN4O6/c1-33(28-8-7-22(34)17-35-28)43-27-6-4-3-5-24(27)31(44-33)20-9-12-37(13-10-20)19-29-36-30-25(38(29)18-23-11-14-42-23)15-21(16-26(30)39)32(40)41-2/h3-8,15-17,20,23,31,39H,9-14,18-19H2,1-2H3/t23-,31?,33?/m0/s1. The van der Waals surface area contributed by atoms with E-state index < -0.39 is 11.8 Å². The molecule has 0 saturated carbocycles. The summed E-state index contributed by atoms with van der Waals surface area (Å²) in [5.74, 6) is 0.337. The molecule has 0 aliphatic carbocycles. The summed E-state index contributed by atoms with van der Waals surface area (Å²) >= 11 is 6.11. The van der Waals surface area contributed by atoms with Gasteiger partial charge in [-0.2, -0.15) is 0 Å². The zero-order chi connectivity index (χ0) is 30.4. The van der Waals surface area contributed by atoms with Gasteiger partial charge in [-0.15, -0.1) is 0 Å². The molecule has 2 fully saturated rings. The summed E-state index contributed by atoms with van der Waals surface area (Å²) in [4.78, 5) is 24.0. The van der Waals surface area contributed by atoms with Gasteiger partial charge in [0.15, 0.2) is 0 Å². The number of para-hydroxylation sites is 1. The average Bonchev–Trinajstić information content (AvgIpc) is 3.35. The molecule has 5 heterocycles. The summed E-state index contributed by atoms with van der Waals surface area (Å²) < 4.78 is 25.9. The van der Waals surface area contributed by atoms with Gasteiger partial charge in [0, 0.05) is 25.3 Å². The van der Waals surface area contributed by atoms with Crippen molar-refractivity contribution in [2.75, 3.05) is 26.8 Å². The van der Waals surface area contributed by atoms with Crippen molar-refractivity contribution in [2.24, 2.45) is 5.92 Å². The number of aromatic hydroxyl groups is 1. The van der Waals surface area contributed by atoms with Crippen LogP contribution in [0.25, 0.3) is 11.0 Å². The first-order valence-electron chi connectivity index (χ1n) is 15.0. The third kappa shape index (κ3) is 5.40. The lowest BCUT2D eigenvalue weighted by Crippen LogP contribution is -2.43. The molecular weight excluding hydrogens is 584 g/mol. The SMILES string of the molecule is COC(=O)c1cc(O)c2nc(CN3CCC(C4OC(C)(c5ccc(Cl)cn5)Oc5ccccc54)CC3)n(C[C@@H]3CCO3)c2c1. The maximum absolute atomic E-state index is 12.3. The van der Waals surface area contributed by atoms with Crippen LogP contribution in [0.1, 0.15) is 59.7 Å². The number of halogens is 1. The predicted octanol–water partition coefficient (Wildman–Crippen LogP) is 5.60. The van der Waals surface area contributed by atoms with Crippen molar-refractivity contribution in [1.82, 2.24) is 19.4 Å². The smallest absolute Gasteiger partial charge is 0.338 e. The first kappa shape index (κ1) is 29.0. The zero-order valence-electron chi connectivity index (χ0n) is 24.7. The molecule has 2 unspecified atom stereocenters. The molecule has 11 heteroatoms. The Morgan fingerprint density at radius 2 is 1.95 bits per heavy atom. The Morgan fingerprint density at radius 1 is 1.16 bits per heavy atom. The Labute approximate surface area is 260 Å². The molecule has 0 spiro atoms. The average molecular weight is 619 g/mol. The number of carbonyl (C=O) groups is 1. The van der Waals surface area contributed by atoms with Gasteiger partial charge in [0.05, 0.1) is 48.5 Å². The van der Waals surface area contributed by atoms with Crippen LogP contribution in [0.5, 0.6) is 11.5 Å². The number of carbonyl (C=O) groups excluding carboxylic acids is 1. The Bertz CT molecular complexity index is 1680. The maximum atomic E-state index is 12.3. The molecule has 2 aromatic heterocycles. The minimum absolute atomic E-state index is 0.0373. The van der Waals surface area contributed by atoms with Gasteiger partial charge in [-0.05, 0) is 68.6 Å². The molecular formula is C33H35ClN4O6. The van der Waals surface area contributed by atoms with Crippen molar-refractivity contribution in [3.8, 4) is 11.5 Å². The third-order valence-corrected chi connectivity index (χ3v) is 9.24. The maximum Gasteiger partial charge on any atom is 0.338 e. The summed E-state index contributed by atoms with van der Waals surface area (Å²) in [7, 11) is 1.33. The summed E-state index contributed by atoms with van der Waals surface area (Å²) in [5, 5.41) is 11.3. The highest BCUT2D eigenvalue weighted by Crippen LogP contribution is 2.48. The number of hydrogen-bond donors (Lipinski definition) is 1. The number of ether oxygens (including phenoxy) is 4. The number of nitrogens with zero attached hydrogens (tertiary/aromatic N) is 4. The fourth-order valence-electron chi connectivity index (χ4n) is 6.51. The number of aromatic nitrogens is 3. The number of piperidine rings is 1. The van der Waals surface area contributed by atoms with Gasteiger partial charge in [0.2, 0.25) is 0 Å². The van der Waals surface area contributed by atoms with Gasteiger partial charge in [0.25, 0.3) is 5.79 Å². The highest BCUT2D eigenvalue weighted by Gasteiger charge is 2.44. The van der Waals surface area contributed by atoms with E-state index in [1.54, 1.807) is 18.3 Å². The number of esters is 1. The number of phenolic OH excluding ortho intramolecular Hbond substituents is 1.